The van der Waals surface area contributed by atoms with Crippen LogP contribution < -0.4 is 5.32 Å². The molecule has 0 bridgehead atoms. The number of aromatic nitrogens is 2. The molecule has 6 heteroatoms. The van der Waals surface area contributed by atoms with E-state index in [0.717, 1.165) is 5.69 Å². The molecule has 0 saturated heterocycles. The largest absolute Gasteiger partial charge is 0.347 e. The van der Waals surface area contributed by atoms with Gasteiger partial charge in [0.05, 0.1) is 6.54 Å². The molecular formula is C12H21N3O2S. The van der Waals surface area contributed by atoms with Crippen molar-refractivity contribution in [1.29, 1.82) is 0 Å². The fourth-order valence-corrected chi connectivity index (χ4v) is 1.87. The second-order valence-corrected chi connectivity index (χ2v) is 4.90. The molecule has 0 radical (unpaired) electrons. The van der Waals surface area contributed by atoms with Gasteiger partial charge in [-0.1, -0.05) is 25.6 Å². The summed E-state index contributed by atoms with van der Waals surface area (Å²) in [4.78, 5) is 8.60. The van der Waals surface area contributed by atoms with Gasteiger partial charge in [0, 0.05) is 26.5 Å². The van der Waals surface area contributed by atoms with E-state index in [1.54, 1.807) is 20.4 Å². The number of hydrogen-bond acceptors (Lipinski definition) is 6. The fraction of sp³-hybridized carbons (Fsp3) is 0.667. The van der Waals surface area contributed by atoms with Crippen LogP contribution in [0.1, 0.15) is 19.5 Å². The molecule has 0 spiro atoms. The molecule has 102 valence electrons. The summed E-state index contributed by atoms with van der Waals surface area (Å²) in [6.45, 7) is 4.68. The van der Waals surface area contributed by atoms with Gasteiger partial charge in [0.1, 0.15) is 5.69 Å². The number of hydrogen-bond donors (Lipinski definition) is 1. The van der Waals surface area contributed by atoms with E-state index in [4.69, 9.17) is 9.47 Å². The van der Waals surface area contributed by atoms with Gasteiger partial charge < -0.3 is 14.8 Å². The van der Waals surface area contributed by atoms with Crippen molar-refractivity contribution in [2.24, 2.45) is 0 Å². The van der Waals surface area contributed by atoms with Crippen molar-refractivity contribution < 1.29 is 9.47 Å². The number of thioether (sulfide) groups is 1. The molecule has 0 fully saturated rings. The third-order valence-electron chi connectivity index (χ3n) is 2.61. The minimum Gasteiger partial charge on any atom is -0.347 e. The highest BCUT2D eigenvalue weighted by Gasteiger charge is 2.34. The Kier molecular flexibility index (Phi) is 6.01. The maximum atomic E-state index is 5.54. The zero-order chi connectivity index (χ0) is 13.6. The first kappa shape index (κ1) is 15.4. The van der Waals surface area contributed by atoms with E-state index in [2.05, 4.69) is 29.1 Å². The summed E-state index contributed by atoms with van der Waals surface area (Å²) in [6.07, 6.45) is 3.66. The molecule has 0 unspecified atom stereocenters. The summed E-state index contributed by atoms with van der Waals surface area (Å²) < 4.78 is 11.1. The number of nitrogens with zero attached hydrogens (tertiary/aromatic N) is 2. The van der Waals surface area contributed by atoms with Crippen molar-refractivity contribution in [3.63, 3.8) is 0 Å². The van der Waals surface area contributed by atoms with Crippen LogP contribution in [0.25, 0.3) is 0 Å². The van der Waals surface area contributed by atoms with Gasteiger partial charge in [0.15, 0.2) is 5.16 Å². The first-order chi connectivity index (χ1) is 8.57. The molecule has 0 aliphatic rings. The Balaban J connectivity index is 3.01. The van der Waals surface area contributed by atoms with Gasteiger partial charge in [-0.15, -0.1) is 0 Å². The van der Waals surface area contributed by atoms with E-state index in [9.17, 15) is 0 Å². The Morgan fingerprint density at radius 2 is 2.06 bits per heavy atom. The van der Waals surface area contributed by atoms with Crippen molar-refractivity contribution in [3.8, 4) is 0 Å². The zero-order valence-corrected chi connectivity index (χ0v) is 12.4. The van der Waals surface area contributed by atoms with Crippen LogP contribution in [0, 0.1) is 0 Å². The maximum absolute atomic E-state index is 5.54. The first-order valence-corrected chi connectivity index (χ1v) is 7.01. The average molecular weight is 271 g/mol. The molecule has 0 aliphatic carbocycles. The topological polar surface area (TPSA) is 56.3 Å². The molecule has 0 saturated carbocycles. The lowest BCUT2D eigenvalue weighted by molar-refractivity contribution is -0.215. The molecule has 0 aromatic carbocycles. The standard InChI is InChI=1S/C12H21N3O2S/c1-9(2)14-8-12(16-3,17-4)10-6-7-13-11(15-10)18-5/h6-7,9,14H,8H2,1-5H3. The third-order valence-corrected chi connectivity index (χ3v) is 3.17. The van der Waals surface area contributed by atoms with E-state index >= 15 is 0 Å². The quantitative estimate of drug-likeness (QED) is 0.462. The Bertz CT molecular complexity index is 370. The molecule has 1 heterocycles. The predicted octanol–water partition coefficient (Wildman–Crippen LogP) is 1.64. The van der Waals surface area contributed by atoms with Crippen LogP contribution in [-0.2, 0) is 15.3 Å². The van der Waals surface area contributed by atoms with E-state index in [0.29, 0.717) is 17.7 Å². The van der Waals surface area contributed by atoms with Crippen LogP contribution in [0.3, 0.4) is 0 Å². The highest BCUT2D eigenvalue weighted by atomic mass is 32.2. The summed E-state index contributed by atoms with van der Waals surface area (Å²) in [7, 11) is 3.23. The van der Waals surface area contributed by atoms with Crippen molar-refractivity contribution in [2.45, 2.75) is 30.8 Å². The summed E-state index contributed by atoms with van der Waals surface area (Å²) >= 11 is 1.49. The number of methoxy groups -OCH3 is 2. The van der Waals surface area contributed by atoms with E-state index in [1.165, 1.54) is 11.8 Å². The van der Waals surface area contributed by atoms with Gasteiger partial charge in [-0.05, 0) is 12.3 Å². The maximum Gasteiger partial charge on any atom is 0.224 e. The average Bonchev–Trinajstić information content (AvgIpc) is 2.40. The van der Waals surface area contributed by atoms with Gasteiger partial charge >= 0.3 is 0 Å². The molecule has 1 N–H and O–H groups in total. The lowest BCUT2D eigenvalue weighted by Gasteiger charge is -2.31. The van der Waals surface area contributed by atoms with Crippen LogP contribution in [0.4, 0.5) is 0 Å². The van der Waals surface area contributed by atoms with Crippen LogP contribution in [-0.4, -0.2) is 43.0 Å². The Morgan fingerprint density at radius 3 is 2.56 bits per heavy atom. The Labute approximate surface area is 113 Å². The molecule has 1 aromatic heterocycles. The monoisotopic (exact) mass is 271 g/mol. The molecule has 0 amide bonds. The highest BCUT2D eigenvalue weighted by molar-refractivity contribution is 7.98. The smallest absolute Gasteiger partial charge is 0.224 e. The van der Waals surface area contributed by atoms with E-state index < -0.39 is 5.79 Å². The van der Waals surface area contributed by atoms with Crippen LogP contribution in [0.2, 0.25) is 0 Å². The number of rotatable bonds is 7. The summed E-state index contributed by atoms with van der Waals surface area (Å²) in [5, 5.41) is 4.01. The van der Waals surface area contributed by atoms with Gasteiger partial charge in [-0.2, -0.15) is 0 Å². The van der Waals surface area contributed by atoms with Gasteiger partial charge in [-0.25, -0.2) is 9.97 Å². The van der Waals surface area contributed by atoms with E-state index in [1.807, 2.05) is 12.3 Å². The molecule has 1 rings (SSSR count). The summed E-state index contributed by atoms with van der Waals surface area (Å²) in [6, 6.07) is 2.16. The lowest BCUT2D eigenvalue weighted by atomic mass is 10.1. The molecule has 0 atom stereocenters. The van der Waals surface area contributed by atoms with Crippen LogP contribution in [0.5, 0.6) is 0 Å². The fourth-order valence-electron chi connectivity index (χ4n) is 1.52. The molecule has 1 aromatic rings. The second-order valence-electron chi connectivity index (χ2n) is 4.13. The minimum atomic E-state index is -0.877. The predicted molar refractivity (Wildman–Crippen MR) is 72.6 cm³/mol. The van der Waals surface area contributed by atoms with Crippen molar-refractivity contribution in [3.05, 3.63) is 18.0 Å². The summed E-state index contributed by atoms with van der Waals surface area (Å²) in [5.41, 5.74) is 0.722. The van der Waals surface area contributed by atoms with Crippen LogP contribution in [0.15, 0.2) is 17.4 Å². The van der Waals surface area contributed by atoms with Gasteiger partial charge in [-0.3, -0.25) is 0 Å². The van der Waals surface area contributed by atoms with Gasteiger partial charge in [0.2, 0.25) is 5.79 Å². The first-order valence-electron chi connectivity index (χ1n) is 5.79. The van der Waals surface area contributed by atoms with E-state index in [-0.39, 0.29) is 0 Å². The third kappa shape index (κ3) is 3.65. The van der Waals surface area contributed by atoms with Crippen molar-refractivity contribution in [1.82, 2.24) is 15.3 Å². The molecule has 0 aliphatic heterocycles. The van der Waals surface area contributed by atoms with Gasteiger partial charge in [0.25, 0.3) is 0 Å². The highest BCUT2D eigenvalue weighted by Crippen LogP contribution is 2.24. The minimum absolute atomic E-state index is 0.344. The summed E-state index contributed by atoms with van der Waals surface area (Å²) in [5.74, 6) is -0.877. The second kappa shape index (κ2) is 7.04. The van der Waals surface area contributed by atoms with Crippen molar-refractivity contribution >= 4 is 11.8 Å². The molecular weight excluding hydrogens is 250 g/mol. The SMILES string of the molecule is COC(CNC(C)C)(OC)c1ccnc(SC)n1. The lowest BCUT2D eigenvalue weighted by Crippen LogP contribution is -2.44. The molecule has 5 nitrogen and oxygen atoms in total. The normalized spacial score (nSPS) is 12.1. The van der Waals surface area contributed by atoms with Crippen molar-refractivity contribution in [2.75, 3.05) is 27.0 Å². The van der Waals surface area contributed by atoms with Crippen LogP contribution >= 0.6 is 11.8 Å². The molecule has 18 heavy (non-hydrogen) atoms. The number of nitrogens with one attached hydrogen (secondary N) is 1. The Morgan fingerprint density at radius 1 is 1.39 bits per heavy atom. The zero-order valence-electron chi connectivity index (χ0n) is 11.6. The number of ether oxygens (including phenoxy) is 2. The Hall–Kier alpha value is -0.690.